The Morgan fingerprint density at radius 1 is 1.05 bits per heavy atom. The third-order valence-corrected chi connectivity index (χ3v) is 2.98. The molecule has 4 heteroatoms. The second-order valence-corrected chi connectivity index (χ2v) is 4.92. The van der Waals surface area contributed by atoms with Crippen LogP contribution in [0.2, 0.25) is 0 Å². The molecule has 2 rings (SSSR count). The summed E-state index contributed by atoms with van der Waals surface area (Å²) in [7, 11) is 0. The van der Waals surface area contributed by atoms with Crippen LogP contribution in [-0.2, 0) is 6.54 Å². The molecule has 0 amide bonds. The van der Waals surface area contributed by atoms with E-state index in [9.17, 15) is 0 Å². The van der Waals surface area contributed by atoms with E-state index in [1.54, 1.807) is 0 Å². The van der Waals surface area contributed by atoms with Gasteiger partial charge in [0.25, 0.3) is 0 Å². The van der Waals surface area contributed by atoms with Gasteiger partial charge in [0.05, 0.1) is 6.61 Å². The number of hydrogen-bond acceptors (Lipinski definition) is 3. The van der Waals surface area contributed by atoms with Crippen molar-refractivity contribution in [3.05, 3.63) is 52.5 Å². The van der Waals surface area contributed by atoms with E-state index < -0.39 is 0 Å². The molecule has 0 unspecified atom stereocenters. The molecule has 0 aliphatic carbocycles. The summed E-state index contributed by atoms with van der Waals surface area (Å²) in [5, 5.41) is 0. The molecular weight excluding hydrogens is 306 g/mol. The highest BCUT2D eigenvalue weighted by atomic mass is 79.9. The highest BCUT2D eigenvalue weighted by Gasteiger charge is 2.02. The van der Waals surface area contributed by atoms with Crippen LogP contribution < -0.4 is 15.2 Å². The Morgan fingerprint density at radius 3 is 2.58 bits per heavy atom. The van der Waals surface area contributed by atoms with Gasteiger partial charge in [0, 0.05) is 17.1 Å². The summed E-state index contributed by atoms with van der Waals surface area (Å²) < 4.78 is 12.2. The summed E-state index contributed by atoms with van der Waals surface area (Å²) >= 11 is 3.45. The second kappa shape index (κ2) is 6.59. The molecule has 2 aromatic rings. The van der Waals surface area contributed by atoms with E-state index in [-0.39, 0.29) is 0 Å². The molecule has 0 spiro atoms. The molecule has 0 heterocycles. The maximum Gasteiger partial charge on any atom is 0.131 e. The van der Waals surface area contributed by atoms with E-state index in [1.807, 2.05) is 49.4 Å². The summed E-state index contributed by atoms with van der Waals surface area (Å²) in [5.74, 6) is 2.30. The number of hydrogen-bond donors (Lipinski definition) is 1. The zero-order chi connectivity index (χ0) is 13.7. The summed E-state index contributed by atoms with van der Waals surface area (Å²) in [6, 6.07) is 13.4. The van der Waals surface area contributed by atoms with Crippen LogP contribution in [-0.4, -0.2) is 6.61 Å². The molecule has 0 saturated carbocycles. The van der Waals surface area contributed by atoms with Gasteiger partial charge >= 0.3 is 0 Å². The first-order valence-electron chi connectivity index (χ1n) is 6.11. The molecule has 0 atom stereocenters. The molecule has 3 nitrogen and oxygen atoms in total. The summed E-state index contributed by atoms with van der Waals surface area (Å²) in [6.07, 6.45) is 0. The summed E-state index contributed by atoms with van der Waals surface area (Å²) in [5.41, 5.74) is 6.67. The molecule has 0 bridgehead atoms. The fourth-order valence-corrected chi connectivity index (χ4v) is 2.25. The Balaban J connectivity index is 2.20. The number of nitrogens with two attached hydrogens (primary N) is 1. The van der Waals surface area contributed by atoms with Crippen molar-refractivity contribution in [3.8, 4) is 17.2 Å². The Bertz CT molecular complexity index is 558. The average molecular weight is 322 g/mol. The van der Waals surface area contributed by atoms with Crippen molar-refractivity contribution in [1.82, 2.24) is 0 Å². The van der Waals surface area contributed by atoms with Gasteiger partial charge in [-0.15, -0.1) is 0 Å². The van der Waals surface area contributed by atoms with Gasteiger partial charge in [0.2, 0.25) is 0 Å². The average Bonchev–Trinajstić information content (AvgIpc) is 2.39. The molecule has 19 heavy (non-hydrogen) atoms. The van der Waals surface area contributed by atoms with Crippen molar-refractivity contribution < 1.29 is 9.47 Å². The van der Waals surface area contributed by atoms with Crippen molar-refractivity contribution in [2.75, 3.05) is 6.61 Å². The highest BCUT2D eigenvalue weighted by Crippen LogP contribution is 2.28. The van der Waals surface area contributed by atoms with Crippen LogP contribution in [0.3, 0.4) is 0 Å². The monoisotopic (exact) mass is 321 g/mol. The molecule has 0 fully saturated rings. The van der Waals surface area contributed by atoms with Crippen LogP contribution in [0.5, 0.6) is 17.2 Å². The van der Waals surface area contributed by atoms with E-state index >= 15 is 0 Å². The minimum Gasteiger partial charge on any atom is -0.494 e. The van der Waals surface area contributed by atoms with Gasteiger partial charge in [-0.05, 0) is 42.8 Å². The van der Waals surface area contributed by atoms with Gasteiger partial charge < -0.3 is 15.2 Å². The Kier molecular flexibility index (Phi) is 4.82. The first-order valence-corrected chi connectivity index (χ1v) is 6.91. The van der Waals surface area contributed by atoms with Crippen molar-refractivity contribution in [2.45, 2.75) is 13.5 Å². The first-order chi connectivity index (χ1) is 9.21. The quantitative estimate of drug-likeness (QED) is 0.901. The van der Waals surface area contributed by atoms with Crippen molar-refractivity contribution >= 4 is 15.9 Å². The largest absolute Gasteiger partial charge is 0.494 e. The smallest absolute Gasteiger partial charge is 0.131 e. The van der Waals surface area contributed by atoms with Crippen molar-refractivity contribution in [1.29, 1.82) is 0 Å². The zero-order valence-electron chi connectivity index (χ0n) is 10.7. The molecule has 0 aromatic heterocycles. The predicted molar refractivity (Wildman–Crippen MR) is 79.7 cm³/mol. The number of halogens is 1. The minimum atomic E-state index is 0.481. The van der Waals surface area contributed by atoms with Gasteiger partial charge in [-0.2, -0.15) is 0 Å². The van der Waals surface area contributed by atoms with Crippen LogP contribution in [0, 0.1) is 0 Å². The second-order valence-electron chi connectivity index (χ2n) is 4.01. The van der Waals surface area contributed by atoms with Crippen molar-refractivity contribution in [2.24, 2.45) is 5.73 Å². The molecule has 0 aliphatic heterocycles. The van der Waals surface area contributed by atoms with E-state index in [2.05, 4.69) is 15.9 Å². The molecule has 0 radical (unpaired) electrons. The van der Waals surface area contributed by atoms with E-state index in [4.69, 9.17) is 15.2 Å². The lowest BCUT2D eigenvalue weighted by Gasteiger charge is -2.09. The summed E-state index contributed by atoms with van der Waals surface area (Å²) in [4.78, 5) is 0. The fourth-order valence-electron chi connectivity index (χ4n) is 1.73. The normalized spacial score (nSPS) is 10.3. The van der Waals surface area contributed by atoms with Crippen LogP contribution >= 0.6 is 15.9 Å². The van der Waals surface area contributed by atoms with Crippen molar-refractivity contribution in [3.63, 3.8) is 0 Å². The number of rotatable bonds is 5. The van der Waals surface area contributed by atoms with Gasteiger partial charge in [0.15, 0.2) is 0 Å². The third-order valence-electron chi connectivity index (χ3n) is 2.52. The van der Waals surface area contributed by atoms with Gasteiger partial charge in [0.1, 0.15) is 17.2 Å². The molecular formula is C15H16BrNO2. The minimum absolute atomic E-state index is 0.481. The molecule has 2 N–H and O–H groups in total. The van der Waals surface area contributed by atoms with Crippen LogP contribution in [0.4, 0.5) is 0 Å². The standard InChI is InChI=1S/C15H16BrNO2/c1-2-18-13-4-3-5-14(9-13)19-15-7-11(10-17)6-12(16)8-15/h3-9H,2,10,17H2,1H3. The highest BCUT2D eigenvalue weighted by molar-refractivity contribution is 9.10. The Morgan fingerprint density at radius 2 is 1.84 bits per heavy atom. The Labute approximate surface area is 121 Å². The van der Waals surface area contributed by atoms with Gasteiger partial charge in [-0.1, -0.05) is 22.0 Å². The molecule has 0 aliphatic rings. The lowest BCUT2D eigenvalue weighted by atomic mass is 10.2. The van der Waals surface area contributed by atoms with Gasteiger partial charge in [-0.25, -0.2) is 0 Å². The van der Waals surface area contributed by atoms with Crippen LogP contribution in [0.15, 0.2) is 46.9 Å². The predicted octanol–water partition coefficient (Wildman–Crippen LogP) is 4.10. The third kappa shape index (κ3) is 3.98. The van der Waals surface area contributed by atoms with E-state index in [0.717, 1.165) is 27.3 Å². The SMILES string of the molecule is CCOc1cccc(Oc2cc(Br)cc(CN)c2)c1. The topological polar surface area (TPSA) is 44.5 Å². The van der Waals surface area contributed by atoms with E-state index in [0.29, 0.717) is 13.2 Å². The summed E-state index contributed by atoms with van der Waals surface area (Å²) in [6.45, 7) is 3.07. The lowest BCUT2D eigenvalue weighted by Crippen LogP contribution is -1.97. The van der Waals surface area contributed by atoms with Gasteiger partial charge in [-0.3, -0.25) is 0 Å². The first kappa shape index (κ1) is 13.9. The maximum absolute atomic E-state index is 5.82. The van der Waals surface area contributed by atoms with E-state index in [1.165, 1.54) is 0 Å². The molecule has 2 aromatic carbocycles. The molecule has 0 saturated heterocycles. The number of ether oxygens (including phenoxy) is 2. The fraction of sp³-hybridized carbons (Fsp3) is 0.200. The van der Waals surface area contributed by atoms with Crippen LogP contribution in [0.25, 0.3) is 0 Å². The number of benzene rings is 2. The Hall–Kier alpha value is -1.52. The maximum atomic E-state index is 5.82. The van der Waals surface area contributed by atoms with Crippen LogP contribution in [0.1, 0.15) is 12.5 Å². The molecule has 100 valence electrons. The zero-order valence-corrected chi connectivity index (χ0v) is 12.3. The lowest BCUT2D eigenvalue weighted by molar-refractivity contribution is 0.338.